The van der Waals surface area contributed by atoms with E-state index in [2.05, 4.69) is 61.0 Å². The van der Waals surface area contributed by atoms with Crippen LogP contribution in [-0.2, 0) is 0 Å². The van der Waals surface area contributed by atoms with Crippen LogP contribution in [-0.4, -0.2) is 13.2 Å². The predicted molar refractivity (Wildman–Crippen MR) is 82.3 cm³/mol. The Morgan fingerprint density at radius 1 is 1.05 bits per heavy atom. The van der Waals surface area contributed by atoms with E-state index < -0.39 is 0 Å². The first-order valence-electron chi connectivity index (χ1n) is 6.75. The molecule has 1 heterocycles. The molecule has 1 atom stereocenters. The summed E-state index contributed by atoms with van der Waals surface area (Å²) in [6.45, 7) is 4.30. The largest absolute Gasteiger partial charge is 0.353 e. The maximum Gasteiger partial charge on any atom is 0.103 e. The van der Waals surface area contributed by atoms with Crippen LogP contribution in [0.1, 0.15) is 18.1 Å². The Kier molecular flexibility index (Phi) is 2.87. The molecule has 0 fully saturated rings. The molecule has 0 aromatic heterocycles. The Morgan fingerprint density at radius 3 is 2.50 bits per heavy atom. The minimum Gasteiger partial charge on any atom is -0.353 e. The summed E-state index contributed by atoms with van der Waals surface area (Å²) < 4.78 is 0. The van der Waals surface area contributed by atoms with E-state index in [-0.39, 0.29) is 6.17 Å². The number of rotatable bonds is 1. The lowest BCUT2D eigenvalue weighted by Crippen LogP contribution is -2.35. The van der Waals surface area contributed by atoms with Gasteiger partial charge in [0, 0.05) is 12.7 Å². The first-order valence-corrected chi connectivity index (χ1v) is 6.75. The van der Waals surface area contributed by atoms with E-state index in [4.69, 9.17) is 5.26 Å². The van der Waals surface area contributed by atoms with Crippen LogP contribution in [0.4, 0.5) is 17.1 Å². The third-order valence-electron chi connectivity index (χ3n) is 4.05. The number of para-hydroxylation sites is 1. The molecule has 3 nitrogen and oxygen atoms in total. The van der Waals surface area contributed by atoms with Gasteiger partial charge >= 0.3 is 0 Å². The van der Waals surface area contributed by atoms with Crippen LogP contribution in [0, 0.1) is 18.3 Å². The highest BCUT2D eigenvalue weighted by Crippen LogP contribution is 2.44. The lowest BCUT2D eigenvalue weighted by atomic mass is 10.1. The summed E-state index contributed by atoms with van der Waals surface area (Å²) in [6.07, 6.45) is 0.236. The maximum atomic E-state index is 9.13. The molecule has 3 rings (SSSR count). The van der Waals surface area contributed by atoms with Crippen molar-refractivity contribution in [2.75, 3.05) is 16.8 Å². The van der Waals surface area contributed by atoms with Crippen molar-refractivity contribution in [2.24, 2.45) is 0 Å². The molecule has 0 saturated carbocycles. The molecular weight excluding hydrogens is 246 g/mol. The Bertz CT molecular complexity index is 700. The molecule has 0 bridgehead atoms. The van der Waals surface area contributed by atoms with E-state index in [0.29, 0.717) is 5.56 Å². The predicted octanol–water partition coefficient (Wildman–Crippen LogP) is 3.80. The van der Waals surface area contributed by atoms with Crippen LogP contribution in [0.3, 0.4) is 0 Å². The highest BCUT2D eigenvalue weighted by atomic mass is 15.4. The van der Waals surface area contributed by atoms with Gasteiger partial charge in [0.15, 0.2) is 0 Å². The Morgan fingerprint density at radius 2 is 1.80 bits per heavy atom. The number of hydrogen-bond acceptors (Lipinski definition) is 3. The van der Waals surface area contributed by atoms with Crippen LogP contribution in [0.15, 0.2) is 42.5 Å². The topological polar surface area (TPSA) is 30.3 Å². The SMILES string of the molecule is Cc1ccccc1N1c2cc(C#N)ccc2N(C)[C@@H]1C. The smallest absolute Gasteiger partial charge is 0.103 e. The van der Waals surface area contributed by atoms with Crippen LogP contribution in [0.2, 0.25) is 0 Å². The summed E-state index contributed by atoms with van der Waals surface area (Å²) in [4.78, 5) is 4.54. The average molecular weight is 263 g/mol. The number of nitrogens with zero attached hydrogens (tertiary/aromatic N) is 3. The van der Waals surface area contributed by atoms with E-state index in [1.54, 1.807) is 0 Å². The summed E-state index contributed by atoms with van der Waals surface area (Å²) in [5.74, 6) is 0. The third-order valence-corrected chi connectivity index (χ3v) is 4.05. The molecule has 0 amide bonds. The molecule has 2 aromatic carbocycles. The van der Waals surface area contributed by atoms with Crippen molar-refractivity contribution >= 4 is 17.1 Å². The maximum absolute atomic E-state index is 9.13. The highest BCUT2D eigenvalue weighted by Gasteiger charge is 2.32. The molecule has 20 heavy (non-hydrogen) atoms. The second kappa shape index (κ2) is 4.57. The number of benzene rings is 2. The zero-order chi connectivity index (χ0) is 14.3. The molecule has 0 aliphatic carbocycles. The van der Waals surface area contributed by atoms with Crippen LogP contribution in [0.5, 0.6) is 0 Å². The molecule has 0 saturated heterocycles. The Hall–Kier alpha value is -2.47. The fourth-order valence-corrected chi connectivity index (χ4v) is 2.82. The van der Waals surface area contributed by atoms with E-state index in [9.17, 15) is 0 Å². The van der Waals surface area contributed by atoms with Crippen molar-refractivity contribution in [2.45, 2.75) is 20.0 Å². The highest BCUT2D eigenvalue weighted by molar-refractivity contribution is 5.85. The second-order valence-corrected chi connectivity index (χ2v) is 5.21. The van der Waals surface area contributed by atoms with Crippen molar-refractivity contribution in [3.05, 3.63) is 53.6 Å². The van der Waals surface area contributed by atoms with Gasteiger partial charge in [0.1, 0.15) is 6.17 Å². The van der Waals surface area contributed by atoms with E-state index in [1.165, 1.54) is 16.9 Å². The lowest BCUT2D eigenvalue weighted by Gasteiger charge is -2.28. The number of anilines is 3. The molecule has 1 aliphatic rings. The van der Waals surface area contributed by atoms with Gasteiger partial charge in [0.25, 0.3) is 0 Å². The molecule has 0 radical (unpaired) electrons. The van der Waals surface area contributed by atoms with Gasteiger partial charge in [-0.25, -0.2) is 0 Å². The molecule has 0 spiro atoms. The van der Waals surface area contributed by atoms with E-state index in [1.807, 2.05) is 18.2 Å². The normalized spacial score (nSPS) is 17.0. The quantitative estimate of drug-likeness (QED) is 0.784. The van der Waals surface area contributed by atoms with Crippen molar-refractivity contribution < 1.29 is 0 Å². The third kappa shape index (κ3) is 1.73. The first-order chi connectivity index (χ1) is 9.63. The fourth-order valence-electron chi connectivity index (χ4n) is 2.82. The van der Waals surface area contributed by atoms with Crippen molar-refractivity contribution in [1.29, 1.82) is 5.26 Å². The number of fused-ring (bicyclic) bond motifs is 1. The number of aryl methyl sites for hydroxylation is 1. The van der Waals surface area contributed by atoms with Gasteiger partial charge < -0.3 is 9.80 Å². The van der Waals surface area contributed by atoms with Gasteiger partial charge in [-0.2, -0.15) is 5.26 Å². The lowest BCUT2D eigenvalue weighted by molar-refractivity contribution is 0.732. The van der Waals surface area contributed by atoms with Crippen LogP contribution >= 0.6 is 0 Å². The monoisotopic (exact) mass is 263 g/mol. The average Bonchev–Trinajstić information content (AvgIpc) is 2.71. The van der Waals surface area contributed by atoms with Gasteiger partial charge in [-0.1, -0.05) is 18.2 Å². The molecule has 0 N–H and O–H groups in total. The molecule has 2 aromatic rings. The molecular formula is C17H17N3. The minimum absolute atomic E-state index is 0.236. The van der Waals surface area contributed by atoms with Gasteiger partial charge in [0.2, 0.25) is 0 Å². The second-order valence-electron chi connectivity index (χ2n) is 5.21. The zero-order valence-corrected chi connectivity index (χ0v) is 12.0. The minimum atomic E-state index is 0.236. The standard InChI is InChI=1S/C17H17N3/c1-12-6-4-5-7-15(12)20-13(2)19(3)16-9-8-14(11-18)10-17(16)20/h4-10,13H,1-3H3/t13-/m0/s1. The van der Waals surface area contributed by atoms with E-state index in [0.717, 1.165) is 5.69 Å². The summed E-state index contributed by atoms with van der Waals surface area (Å²) >= 11 is 0. The van der Waals surface area contributed by atoms with Crippen LogP contribution < -0.4 is 9.80 Å². The fraction of sp³-hybridized carbons (Fsp3) is 0.235. The van der Waals surface area contributed by atoms with Crippen LogP contribution in [0.25, 0.3) is 0 Å². The van der Waals surface area contributed by atoms with E-state index >= 15 is 0 Å². The molecule has 0 unspecified atom stereocenters. The summed E-state index contributed by atoms with van der Waals surface area (Å²) in [5.41, 5.74) is 5.40. The molecule has 3 heteroatoms. The van der Waals surface area contributed by atoms with Gasteiger partial charge in [-0.3, -0.25) is 0 Å². The molecule has 100 valence electrons. The van der Waals surface area contributed by atoms with Crippen molar-refractivity contribution in [1.82, 2.24) is 0 Å². The first kappa shape index (κ1) is 12.6. The Balaban J connectivity index is 2.19. The molecule has 1 aliphatic heterocycles. The summed E-state index contributed by atoms with van der Waals surface area (Å²) in [6, 6.07) is 16.5. The van der Waals surface area contributed by atoms with Gasteiger partial charge in [0.05, 0.1) is 23.0 Å². The Labute approximate surface area is 119 Å². The summed E-state index contributed by atoms with van der Waals surface area (Å²) in [7, 11) is 2.09. The van der Waals surface area contributed by atoms with Gasteiger partial charge in [-0.15, -0.1) is 0 Å². The number of nitriles is 1. The van der Waals surface area contributed by atoms with Crippen molar-refractivity contribution in [3.8, 4) is 6.07 Å². The van der Waals surface area contributed by atoms with Gasteiger partial charge in [-0.05, 0) is 43.7 Å². The zero-order valence-electron chi connectivity index (χ0n) is 12.0. The van der Waals surface area contributed by atoms with Crippen molar-refractivity contribution in [3.63, 3.8) is 0 Å². The summed E-state index contributed by atoms with van der Waals surface area (Å²) in [5, 5.41) is 9.13. The number of hydrogen-bond donors (Lipinski definition) is 0.